The van der Waals surface area contributed by atoms with E-state index in [1.54, 1.807) is 0 Å². The number of hydrogen-bond acceptors (Lipinski definition) is 3. The van der Waals surface area contributed by atoms with Gasteiger partial charge < -0.3 is 15.8 Å². The van der Waals surface area contributed by atoms with Crippen LogP contribution in [0.5, 0.6) is 0 Å². The molecule has 1 rings (SSSR count). The number of nitrogens with one attached hydrogen (secondary N) is 1. The average molecular weight is 280 g/mol. The fraction of sp³-hybridized carbons (Fsp3) is 0.923. The van der Waals surface area contributed by atoms with Crippen LogP contribution in [0.2, 0.25) is 0 Å². The minimum absolute atomic E-state index is 0.0669. The molecular formula is C13H26F2N2O2. The van der Waals surface area contributed by atoms with Crippen LogP contribution in [0.25, 0.3) is 0 Å². The molecule has 0 radical (unpaired) electrons. The Morgan fingerprint density at radius 1 is 1.42 bits per heavy atom. The van der Waals surface area contributed by atoms with Gasteiger partial charge in [-0.2, -0.15) is 0 Å². The third kappa shape index (κ3) is 7.42. The van der Waals surface area contributed by atoms with Gasteiger partial charge in [0.1, 0.15) is 6.04 Å². The number of halogens is 2. The molecule has 0 aromatic rings. The van der Waals surface area contributed by atoms with Gasteiger partial charge in [-0.05, 0) is 18.8 Å². The summed E-state index contributed by atoms with van der Waals surface area (Å²) < 4.78 is 31.0. The van der Waals surface area contributed by atoms with E-state index in [0.29, 0.717) is 19.4 Å². The molecule has 0 saturated heterocycles. The number of carbonyl (C=O) groups excluding carboxylic acids is 1. The Morgan fingerprint density at radius 3 is 2.42 bits per heavy atom. The van der Waals surface area contributed by atoms with Gasteiger partial charge in [-0.25, -0.2) is 8.78 Å². The molecule has 1 saturated carbocycles. The van der Waals surface area contributed by atoms with Crippen molar-refractivity contribution in [2.24, 2.45) is 11.7 Å². The number of rotatable bonds is 5. The zero-order chi connectivity index (χ0) is 14.9. The maximum Gasteiger partial charge on any atom is 0.248 e. The van der Waals surface area contributed by atoms with Gasteiger partial charge in [-0.3, -0.25) is 4.79 Å². The maximum absolute atomic E-state index is 12.9. The van der Waals surface area contributed by atoms with E-state index in [9.17, 15) is 13.6 Å². The number of alkyl halides is 2. The molecule has 1 aliphatic rings. The second-order valence-corrected chi connectivity index (χ2v) is 4.56. The predicted octanol–water partition coefficient (Wildman–Crippen LogP) is 1.93. The SMILES string of the molecule is CC.CNC(=O)C(N)COCC1CCC(F)(F)CC1. The van der Waals surface area contributed by atoms with Crippen molar-refractivity contribution >= 4 is 5.91 Å². The van der Waals surface area contributed by atoms with Gasteiger partial charge in [0, 0.05) is 26.5 Å². The summed E-state index contributed by atoms with van der Waals surface area (Å²) in [7, 11) is 1.51. The number of ether oxygens (including phenoxy) is 1. The van der Waals surface area contributed by atoms with E-state index in [1.165, 1.54) is 7.05 Å². The smallest absolute Gasteiger partial charge is 0.248 e. The van der Waals surface area contributed by atoms with E-state index in [2.05, 4.69) is 5.32 Å². The highest BCUT2D eigenvalue weighted by atomic mass is 19.3. The predicted molar refractivity (Wildman–Crippen MR) is 71.1 cm³/mol. The van der Waals surface area contributed by atoms with Gasteiger partial charge in [-0.1, -0.05) is 13.8 Å². The molecule has 0 aromatic heterocycles. The molecule has 1 atom stereocenters. The lowest BCUT2D eigenvalue weighted by Gasteiger charge is -2.28. The van der Waals surface area contributed by atoms with E-state index in [-0.39, 0.29) is 31.3 Å². The molecule has 3 N–H and O–H groups in total. The molecule has 1 unspecified atom stereocenters. The Morgan fingerprint density at radius 2 is 1.95 bits per heavy atom. The Balaban J connectivity index is 0.00000154. The monoisotopic (exact) mass is 280 g/mol. The zero-order valence-corrected chi connectivity index (χ0v) is 12.0. The fourth-order valence-electron chi connectivity index (χ4n) is 1.89. The van der Waals surface area contributed by atoms with Crippen molar-refractivity contribution in [1.82, 2.24) is 5.32 Å². The van der Waals surface area contributed by atoms with Gasteiger partial charge in [0.15, 0.2) is 0 Å². The highest BCUT2D eigenvalue weighted by Gasteiger charge is 2.34. The fourth-order valence-corrected chi connectivity index (χ4v) is 1.89. The van der Waals surface area contributed by atoms with Crippen molar-refractivity contribution in [3.8, 4) is 0 Å². The normalized spacial score (nSPS) is 20.1. The summed E-state index contributed by atoms with van der Waals surface area (Å²) in [6.45, 7) is 4.54. The van der Waals surface area contributed by atoms with Crippen LogP contribution in [-0.2, 0) is 9.53 Å². The van der Waals surface area contributed by atoms with E-state index >= 15 is 0 Å². The Labute approximate surface area is 114 Å². The number of amides is 1. The zero-order valence-electron chi connectivity index (χ0n) is 12.0. The van der Waals surface area contributed by atoms with Crippen LogP contribution >= 0.6 is 0 Å². The lowest BCUT2D eigenvalue weighted by atomic mass is 9.87. The Bertz CT molecular complexity index is 253. The minimum atomic E-state index is -2.50. The first-order chi connectivity index (χ1) is 8.94. The lowest BCUT2D eigenvalue weighted by Crippen LogP contribution is -2.42. The van der Waals surface area contributed by atoms with Crippen molar-refractivity contribution < 1.29 is 18.3 Å². The number of nitrogens with two attached hydrogens (primary N) is 1. The van der Waals surface area contributed by atoms with Crippen molar-refractivity contribution in [3.63, 3.8) is 0 Å². The van der Waals surface area contributed by atoms with Crippen LogP contribution in [0.1, 0.15) is 39.5 Å². The van der Waals surface area contributed by atoms with Gasteiger partial charge in [0.05, 0.1) is 6.61 Å². The maximum atomic E-state index is 12.9. The third-order valence-electron chi connectivity index (χ3n) is 3.07. The summed E-state index contributed by atoms with van der Waals surface area (Å²) in [6, 6.07) is -0.690. The van der Waals surface area contributed by atoms with Crippen molar-refractivity contribution in [3.05, 3.63) is 0 Å². The largest absolute Gasteiger partial charge is 0.379 e. The van der Waals surface area contributed by atoms with Crippen LogP contribution in [0.4, 0.5) is 8.78 Å². The summed E-state index contributed by atoms with van der Waals surface area (Å²) in [4.78, 5) is 11.1. The molecular weight excluding hydrogens is 254 g/mol. The number of likely N-dealkylation sites (N-methyl/N-ethyl adjacent to an activating group) is 1. The molecule has 0 bridgehead atoms. The molecule has 1 aliphatic carbocycles. The van der Waals surface area contributed by atoms with E-state index in [1.807, 2.05) is 13.8 Å². The van der Waals surface area contributed by atoms with Gasteiger partial charge in [-0.15, -0.1) is 0 Å². The van der Waals surface area contributed by atoms with Crippen molar-refractivity contribution in [2.75, 3.05) is 20.3 Å². The van der Waals surface area contributed by atoms with E-state index < -0.39 is 12.0 Å². The molecule has 1 amide bonds. The second-order valence-electron chi connectivity index (χ2n) is 4.56. The molecule has 114 valence electrons. The second kappa shape index (κ2) is 9.20. The van der Waals surface area contributed by atoms with E-state index in [4.69, 9.17) is 10.5 Å². The molecule has 4 nitrogen and oxygen atoms in total. The minimum Gasteiger partial charge on any atom is -0.379 e. The Kier molecular flexibility index (Phi) is 8.84. The number of carbonyl (C=O) groups is 1. The first kappa shape index (κ1) is 18.2. The first-order valence-corrected chi connectivity index (χ1v) is 6.87. The van der Waals surface area contributed by atoms with Crippen LogP contribution in [-0.4, -0.2) is 38.1 Å². The van der Waals surface area contributed by atoms with Crippen LogP contribution < -0.4 is 11.1 Å². The number of hydrogen-bond donors (Lipinski definition) is 2. The van der Waals surface area contributed by atoms with Crippen LogP contribution in [0, 0.1) is 5.92 Å². The summed E-state index contributed by atoms with van der Waals surface area (Å²) in [5, 5.41) is 2.42. The van der Waals surface area contributed by atoms with Crippen molar-refractivity contribution in [2.45, 2.75) is 51.5 Å². The van der Waals surface area contributed by atoms with Gasteiger partial charge >= 0.3 is 0 Å². The molecule has 19 heavy (non-hydrogen) atoms. The highest BCUT2D eigenvalue weighted by molar-refractivity contribution is 5.81. The van der Waals surface area contributed by atoms with Gasteiger partial charge in [0.25, 0.3) is 0 Å². The summed E-state index contributed by atoms with van der Waals surface area (Å²) in [5.74, 6) is -2.62. The lowest BCUT2D eigenvalue weighted by molar-refractivity contribution is -0.123. The van der Waals surface area contributed by atoms with Crippen LogP contribution in [0.15, 0.2) is 0 Å². The van der Waals surface area contributed by atoms with Gasteiger partial charge in [0.2, 0.25) is 11.8 Å². The molecule has 0 spiro atoms. The molecule has 6 heteroatoms. The van der Waals surface area contributed by atoms with E-state index in [0.717, 1.165) is 0 Å². The quantitative estimate of drug-likeness (QED) is 0.808. The molecule has 0 heterocycles. The summed E-state index contributed by atoms with van der Waals surface area (Å²) >= 11 is 0. The Hall–Kier alpha value is -0.750. The average Bonchev–Trinajstić information content (AvgIpc) is 2.41. The molecule has 0 aliphatic heterocycles. The topological polar surface area (TPSA) is 64.4 Å². The van der Waals surface area contributed by atoms with Crippen LogP contribution in [0.3, 0.4) is 0 Å². The summed E-state index contributed by atoms with van der Waals surface area (Å²) in [6.07, 6.45) is 0.815. The van der Waals surface area contributed by atoms with Crippen molar-refractivity contribution in [1.29, 1.82) is 0 Å². The highest BCUT2D eigenvalue weighted by Crippen LogP contribution is 2.36. The standard InChI is InChI=1S/C11H20F2N2O2.C2H6/c1-15-10(16)9(14)7-17-6-8-2-4-11(12,13)5-3-8;1-2/h8-9H,2-7,14H2,1H3,(H,15,16);1-2H3. The third-order valence-corrected chi connectivity index (χ3v) is 3.07. The molecule has 0 aromatic carbocycles. The molecule has 1 fully saturated rings. The first-order valence-electron chi connectivity index (χ1n) is 6.87. The summed E-state index contributed by atoms with van der Waals surface area (Å²) in [5.41, 5.74) is 5.53.